The second-order valence-electron chi connectivity index (χ2n) is 4.73. The van der Waals surface area contributed by atoms with Crippen molar-refractivity contribution in [1.29, 1.82) is 0 Å². The Morgan fingerprint density at radius 3 is 2.61 bits per heavy atom. The molecule has 6 heteroatoms. The minimum Gasteiger partial charge on any atom is -0.481 e. The summed E-state index contributed by atoms with van der Waals surface area (Å²) in [5.41, 5.74) is 0.485. The molecule has 1 aliphatic carbocycles. The van der Waals surface area contributed by atoms with Gasteiger partial charge in [-0.05, 0) is 53.7 Å². The number of amides is 1. The van der Waals surface area contributed by atoms with Crippen LogP contribution in [0.2, 0.25) is 0 Å². The summed E-state index contributed by atoms with van der Waals surface area (Å²) in [5.74, 6) is -1.03. The molecule has 1 aliphatic rings. The first kappa shape index (κ1) is 13.5. The molecule has 4 nitrogen and oxygen atoms in total. The van der Waals surface area contributed by atoms with E-state index in [1.807, 2.05) is 13.0 Å². The van der Waals surface area contributed by atoms with Crippen LogP contribution in [0.4, 0.5) is 0 Å². The van der Waals surface area contributed by atoms with Crippen LogP contribution in [-0.4, -0.2) is 22.5 Å². The average molecular weight is 332 g/mol. The van der Waals surface area contributed by atoms with Crippen molar-refractivity contribution in [1.82, 2.24) is 5.32 Å². The molecule has 98 valence electrons. The van der Waals surface area contributed by atoms with Crippen molar-refractivity contribution in [2.45, 2.75) is 38.1 Å². The number of carboxylic acids is 1. The van der Waals surface area contributed by atoms with Gasteiger partial charge in [-0.3, -0.25) is 9.59 Å². The SMILES string of the molecule is Cc1cc(C(=O)NC2(CC(=O)O)CCC2)sc1Br. The Morgan fingerprint density at radius 1 is 1.56 bits per heavy atom. The van der Waals surface area contributed by atoms with E-state index in [0.717, 1.165) is 28.6 Å². The molecule has 18 heavy (non-hydrogen) atoms. The van der Waals surface area contributed by atoms with E-state index in [4.69, 9.17) is 5.11 Å². The smallest absolute Gasteiger partial charge is 0.305 e. The van der Waals surface area contributed by atoms with E-state index < -0.39 is 11.5 Å². The van der Waals surface area contributed by atoms with Crippen molar-refractivity contribution in [3.05, 3.63) is 20.3 Å². The second-order valence-corrected chi connectivity index (χ2v) is 7.10. The van der Waals surface area contributed by atoms with Crippen molar-refractivity contribution in [3.63, 3.8) is 0 Å². The molecule has 2 N–H and O–H groups in total. The summed E-state index contributed by atoms with van der Waals surface area (Å²) in [7, 11) is 0. The zero-order valence-corrected chi connectivity index (χ0v) is 12.4. The molecule has 0 unspecified atom stereocenters. The van der Waals surface area contributed by atoms with E-state index in [1.165, 1.54) is 11.3 Å². The number of carboxylic acid groups (broad SMARTS) is 1. The lowest BCUT2D eigenvalue weighted by Crippen LogP contribution is -2.54. The normalized spacial score (nSPS) is 17.0. The number of halogens is 1. The third-order valence-corrected chi connectivity index (χ3v) is 5.40. The van der Waals surface area contributed by atoms with E-state index in [-0.39, 0.29) is 12.3 Å². The summed E-state index contributed by atoms with van der Waals surface area (Å²) in [6.45, 7) is 1.92. The van der Waals surface area contributed by atoms with Gasteiger partial charge < -0.3 is 10.4 Å². The van der Waals surface area contributed by atoms with Gasteiger partial charge in [-0.1, -0.05) is 0 Å². The molecular weight excluding hydrogens is 318 g/mol. The Morgan fingerprint density at radius 2 is 2.22 bits per heavy atom. The third-order valence-electron chi connectivity index (χ3n) is 3.26. The van der Waals surface area contributed by atoms with Gasteiger partial charge in [0.05, 0.1) is 20.6 Å². The van der Waals surface area contributed by atoms with Gasteiger partial charge in [-0.15, -0.1) is 11.3 Å². The number of carbonyl (C=O) groups is 2. The minimum atomic E-state index is -0.862. The maximum Gasteiger partial charge on any atom is 0.305 e. The lowest BCUT2D eigenvalue weighted by Gasteiger charge is -2.41. The number of nitrogens with one attached hydrogen (secondary N) is 1. The topological polar surface area (TPSA) is 66.4 Å². The highest BCUT2D eigenvalue weighted by Gasteiger charge is 2.40. The summed E-state index contributed by atoms with van der Waals surface area (Å²) in [4.78, 5) is 23.5. The monoisotopic (exact) mass is 331 g/mol. The fraction of sp³-hybridized carbons (Fsp3) is 0.500. The molecule has 0 radical (unpaired) electrons. The zero-order chi connectivity index (χ0) is 13.3. The van der Waals surface area contributed by atoms with E-state index in [2.05, 4.69) is 21.2 Å². The molecule has 1 fully saturated rings. The second kappa shape index (κ2) is 5.01. The van der Waals surface area contributed by atoms with E-state index >= 15 is 0 Å². The van der Waals surface area contributed by atoms with Gasteiger partial charge in [0, 0.05) is 0 Å². The highest BCUT2D eigenvalue weighted by atomic mass is 79.9. The fourth-order valence-electron chi connectivity index (χ4n) is 2.11. The average Bonchev–Trinajstić information content (AvgIpc) is 2.55. The van der Waals surface area contributed by atoms with Crippen molar-refractivity contribution >= 4 is 39.1 Å². The number of hydrogen-bond acceptors (Lipinski definition) is 3. The van der Waals surface area contributed by atoms with Crippen molar-refractivity contribution in [2.75, 3.05) is 0 Å². The van der Waals surface area contributed by atoms with Crippen LogP contribution in [0.3, 0.4) is 0 Å². The highest BCUT2D eigenvalue weighted by molar-refractivity contribution is 9.11. The Bertz CT molecular complexity index is 474. The largest absolute Gasteiger partial charge is 0.481 e. The lowest BCUT2D eigenvalue weighted by atomic mass is 9.74. The molecule has 0 aliphatic heterocycles. The molecule has 1 aromatic rings. The Kier molecular flexibility index (Phi) is 3.77. The number of hydrogen-bond donors (Lipinski definition) is 2. The standard InChI is InChI=1S/C12H14BrNO3S/c1-7-5-8(18-10(7)13)11(17)14-12(3-2-4-12)6-9(15)16/h5H,2-4,6H2,1H3,(H,14,17)(H,15,16). The van der Waals surface area contributed by atoms with E-state index in [9.17, 15) is 9.59 Å². The van der Waals surface area contributed by atoms with Crippen LogP contribution in [0.5, 0.6) is 0 Å². The van der Waals surface area contributed by atoms with Crippen LogP contribution < -0.4 is 5.32 Å². The molecule has 1 heterocycles. The Hall–Kier alpha value is -0.880. The van der Waals surface area contributed by atoms with Gasteiger partial charge in [-0.2, -0.15) is 0 Å². The molecule has 0 spiro atoms. The Labute approximate surface area is 118 Å². The van der Waals surface area contributed by atoms with Crippen LogP contribution in [-0.2, 0) is 4.79 Å². The third kappa shape index (κ3) is 2.75. The predicted molar refractivity (Wildman–Crippen MR) is 73.1 cm³/mol. The lowest BCUT2D eigenvalue weighted by molar-refractivity contribution is -0.139. The maximum absolute atomic E-state index is 12.1. The summed E-state index contributed by atoms with van der Waals surface area (Å²) in [6, 6.07) is 1.82. The van der Waals surface area contributed by atoms with Crippen LogP contribution in [0.25, 0.3) is 0 Å². The first-order valence-electron chi connectivity index (χ1n) is 5.72. The van der Waals surface area contributed by atoms with Crippen molar-refractivity contribution < 1.29 is 14.7 Å². The number of carbonyl (C=O) groups excluding carboxylic acids is 1. The first-order chi connectivity index (χ1) is 8.42. The highest BCUT2D eigenvalue weighted by Crippen LogP contribution is 2.36. The molecule has 0 atom stereocenters. The molecule has 1 saturated carbocycles. The molecule has 2 rings (SSSR count). The van der Waals surface area contributed by atoms with Gasteiger partial charge in [0.25, 0.3) is 5.91 Å². The van der Waals surface area contributed by atoms with Gasteiger partial charge in [-0.25, -0.2) is 0 Å². The summed E-state index contributed by atoms with van der Waals surface area (Å²) in [5, 5.41) is 11.8. The van der Waals surface area contributed by atoms with Gasteiger partial charge >= 0.3 is 5.97 Å². The quantitative estimate of drug-likeness (QED) is 0.891. The van der Waals surface area contributed by atoms with Gasteiger partial charge in [0.1, 0.15) is 0 Å². The summed E-state index contributed by atoms with van der Waals surface area (Å²) < 4.78 is 0.938. The first-order valence-corrected chi connectivity index (χ1v) is 7.33. The van der Waals surface area contributed by atoms with Crippen LogP contribution in [0.15, 0.2) is 9.85 Å². The van der Waals surface area contributed by atoms with Gasteiger partial charge in [0.2, 0.25) is 0 Å². The van der Waals surface area contributed by atoms with Crippen LogP contribution in [0.1, 0.15) is 40.9 Å². The number of aryl methyl sites for hydroxylation is 1. The molecular formula is C12H14BrNO3S. The fourth-order valence-corrected chi connectivity index (χ4v) is 3.54. The summed E-state index contributed by atoms with van der Waals surface area (Å²) in [6.07, 6.45) is 2.47. The molecule has 0 saturated heterocycles. The predicted octanol–water partition coefficient (Wildman–Crippen LogP) is 2.95. The molecule has 0 aromatic carbocycles. The van der Waals surface area contributed by atoms with E-state index in [1.54, 1.807) is 0 Å². The molecule has 1 amide bonds. The van der Waals surface area contributed by atoms with E-state index in [0.29, 0.717) is 4.88 Å². The van der Waals surface area contributed by atoms with Crippen LogP contribution >= 0.6 is 27.3 Å². The Balaban J connectivity index is 2.08. The number of thiophene rings is 1. The maximum atomic E-state index is 12.1. The molecule has 0 bridgehead atoms. The summed E-state index contributed by atoms with van der Waals surface area (Å²) >= 11 is 4.75. The van der Waals surface area contributed by atoms with Crippen molar-refractivity contribution in [2.24, 2.45) is 0 Å². The number of aliphatic carboxylic acids is 1. The van der Waals surface area contributed by atoms with Crippen molar-refractivity contribution in [3.8, 4) is 0 Å². The number of rotatable bonds is 4. The minimum absolute atomic E-state index is 0.00423. The van der Waals surface area contributed by atoms with Crippen LogP contribution in [0, 0.1) is 6.92 Å². The molecule has 1 aromatic heterocycles. The zero-order valence-electron chi connectivity index (χ0n) is 9.96. The van der Waals surface area contributed by atoms with Gasteiger partial charge in [0.15, 0.2) is 0 Å².